The maximum Gasteiger partial charge on any atom is 0.316 e. The van der Waals surface area contributed by atoms with Gasteiger partial charge in [-0.2, -0.15) is 0 Å². The molecule has 0 aliphatic carbocycles. The fraction of sp³-hybridized carbons (Fsp3) is 0.391. The number of carbonyl (C=O) groups excluding carboxylic acids is 2. The van der Waals surface area contributed by atoms with Gasteiger partial charge in [0.05, 0.1) is 24.2 Å². The van der Waals surface area contributed by atoms with Gasteiger partial charge in [-0.15, -0.1) is 0 Å². The highest BCUT2D eigenvalue weighted by Crippen LogP contribution is 2.37. The molecule has 1 fully saturated rings. The lowest BCUT2D eigenvalue weighted by Crippen LogP contribution is -2.49. The zero-order valence-corrected chi connectivity index (χ0v) is 18.6. The molecule has 2 aromatic rings. The summed E-state index contributed by atoms with van der Waals surface area (Å²) in [6.07, 6.45) is 1.00. The van der Waals surface area contributed by atoms with Crippen molar-refractivity contribution in [3.63, 3.8) is 0 Å². The van der Waals surface area contributed by atoms with E-state index in [4.69, 9.17) is 9.47 Å². The third-order valence-corrected chi connectivity index (χ3v) is 5.84. The predicted molar refractivity (Wildman–Crippen MR) is 115 cm³/mol. The monoisotopic (exact) mass is 459 g/mol. The average Bonchev–Trinajstić information content (AvgIpc) is 2.73. The summed E-state index contributed by atoms with van der Waals surface area (Å²) in [5, 5.41) is 0. The zero-order chi connectivity index (χ0) is 21.0. The van der Waals surface area contributed by atoms with Crippen molar-refractivity contribution < 1.29 is 19.1 Å². The van der Waals surface area contributed by atoms with E-state index in [-0.39, 0.29) is 18.0 Å². The largest absolute Gasteiger partial charge is 0.490 e. The van der Waals surface area contributed by atoms with Gasteiger partial charge in [0.2, 0.25) is 0 Å². The fourth-order valence-electron chi connectivity index (χ4n) is 3.85. The summed E-state index contributed by atoms with van der Waals surface area (Å²) < 4.78 is 11.8. The SMILES string of the molecule is COC(=O)C1(c2ccccc2)CCN(C(=O)c2ccc(Br)cc2OC(C)C)CC1. The van der Waals surface area contributed by atoms with E-state index >= 15 is 0 Å². The number of nitrogens with zero attached hydrogens (tertiary/aromatic N) is 1. The highest BCUT2D eigenvalue weighted by atomic mass is 79.9. The summed E-state index contributed by atoms with van der Waals surface area (Å²) >= 11 is 3.44. The second-order valence-electron chi connectivity index (χ2n) is 7.54. The third-order valence-electron chi connectivity index (χ3n) is 5.34. The van der Waals surface area contributed by atoms with Crippen LogP contribution < -0.4 is 4.74 Å². The molecule has 0 saturated carbocycles. The Labute approximate surface area is 180 Å². The number of amides is 1. The van der Waals surface area contributed by atoms with Gasteiger partial charge in [0, 0.05) is 17.6 Å². The number of benzene rings is 2. The first kappa shape index (κ1) is 21.4. The lowest BCUT2D eigenvalue weighted by molar-refractivity contribution is -0.149. The number of hydrogen-bond acceptors (Lipinski definition) is 4. The molecule has 1 saturated heterocycles. The molecule has 5 nitrogen and oxygen atoms in total. The molecule has 6 heteroatoms. The quantitative estimate of drug-likeness (QED) is 0.613. The van der Waals surface area contributed by atoms with Crippen LogP contribution in [0.2, 0.25) is 0 Å². The Kier molecular flexibility index (Phi) is 6.63. The van der Waals surface area contributed by atoms with Gasteiger partial charge < -0.3 is 14.4 Å². The zero-order valence-electron chi connectivity index (χ0n) is 17.0. The number of esters is 1. The molecule has 0 atom stereocenters. The van der Waals surface area contributed by atoms with E-state index < -0.39 is 5.41 Å². The molecule has 2 aromatic carbocycles. The van der Waals surface area contributed by atoms with E-state index in [1.165, 1.54) is 7.11 Å². The Morgan fingerprint density at radius 3 is 2.31 bits per heavy atom. The van der Waals surface area contributed by atoms with Crippen molar-refractivity contribution in [2.24, 2.45) is 0 Å². The lowest BCUT2D eigenvalue weighted by Gasteiger charge is -2.40. The Morgan fingerprint density at radius 2 is 1.72 bits per heavy atom. The lowest BCUT2D eigenvalue weighted by atomic mass is 9.72. The standard InChI is InChI=1S/C23H26BrNO4/c1-16(2)29-20-15-18(24)9-10-19(20)21(26)25-13-11-23(12-14-25,22(27)28-3)17-7-5-4-6-8-17/h4-10,15-16H,11-14H2,1-3H3. The van der Waals surface area contributed by atoms with Gasteiger partial charge in [-0.1, -0.05) is 46.3 Å². The van der Waals surface area contributed by atoms with Crippen LogP contribution in [-0.2, 0) is 14.9 Å². The van der Waals surface area contributed by atoms with Crippen molar-refractivity contribution in [3.8, 4) is 5.75 Å². The summed E-state index contributed by atoms with van der Waals surface area (Å²) in [5.74, 6) is 0.232. The molecule has 0 aromatic heterocycles. The van der Waals surface area contributed by atoms with E-state index in [2.05, 4.69) is 15.9 Å². The Hall–Kier alpha value is -2.34. The maximum atomic E-state index is 13.2. The van der Waals surface area contributed by atoms with Crippen LogP contribution in [0, 0.1) is 0 Å². The van der Waals surface area contributed by atoms with Gasteiger partial charge in [-0.05, 0) is 50.5 Å². The van der Waals surface area contributed by atoms with E-state index in [0.717, 1.165) is 10.0 Å². The van der Waals surface area contributed by atoms with Gasteiger partial charge in [-0.3, -0.25) is 9.59 Å². The number of rotatable bonds is 5. The summed E-state index contributed by atoms with van der Waals surface area (Å²) in [5.41, 5.74) is 0.752. The first-order chi connectivity index (χ1) is 13.9. The minimum absolute atomic E-state index is 0.0396. The number of halogens is 1. The smallest absolute Gasteiger partial charge is 0.316 e. The molecule has 1 aliphatic heterocycles. The molecule has 0 N–H and O–H groups in total. The molecule has 1 amide bonds. The predicted octanol–water partition coefficient (Wildman–Crippen LogP) is 4.58. The van der Waals surface area contributed by atoms with Crippen LogP contribution in [0.25, 0.3) is 0 Å². The van der Waals surface area contributed by atoms with Crippen LogP contribution >= 0.6 is 15.9 Å². The first-order valence-electron chi connectivity index (χ1n) is 9.77. The van der Waals surface area contributed by atoms with Gasteiger partial charge in [0.15, 0.2) is 0 Å². The van der Waals surface area contributed by atoms with Gasteiger partial charge >= 0.3 is 5.97 Å². The third kappa shape index (κ3) is 4.47. The van der Waals surface area contributed by atoms with Crippen molar-refractivity contribution in [2.75, 3.05) is 20.2 Å². The Balaban J connectivity index is 1.83. The van der Waals surface area contributed by atoms with Crippen molar-refractivity contribution in [1.82, 2.24) is 4.90 Å². The van der Waals surface area contributed by atoms with Crippen LogP contribution in [0.4, 0.5) is 0 Å². The number of likely N-dealkylation sites (tertiary alicyclic amines) is 1. The summed E-state index contributed by atoms with van der Waals surface area (Å²) in [7, 11) is 1.42. The minimum atomic E-state index is -0.718. The van der Waals surface area contributed by atoms with Crippen molar-refractivity contribution in [2.45, 2.75) is 38.2 Å². The Bertz CT molecular complexity index is 874. The molecule has 1 heterocycles. The molecule has 0 unspecified atom stereocenters. The summed E-state index contributed by atoms with van der Waals surface area (Å²) in [6, 6.07) is 15.1. The number of piperidine rings is 1. The average molecular weight is 460 g/mol. The van der Waals surface area contributed by atoms with Crippen LogP contribution in [-0.4, -0.2) is 43.1 Å². The van der Waals surface area contributed by atoms with Crippen LogP contribution in [0.1, 0.15) is 42.6 Å². The van der Waals surface area contributed by atoms with Crippen molar-refractivity contribution >= 4 is 27.8 Å². The van der Waals surface area contributed by atoms with Gasteiger partial charge in [0.25, 0.3) is 5.91 Å². The van der Waals surface area contributed by atoms with Crippen LogP contribution in [0.15, 0.2) is 53.0 Å². The minimum Gasteiger partial charge on any atom is -0.490 e. The first-order valence-corrected chi connectivity index (χ1v) is 10.6. The topological polar surface area (TPSA) is 55.8 Å². The van der Waals surface area contributed by atoms with Gasteiger partial charge in [0.1, 0.15) is 5.75 Å². The number of hydrogen-bond donors (Lipinski definition) is 0. The molecule has 29 heavy (non-hydrogen) atoms. The molecular weight excluding hydrogens is 434 g/mol. The van der Waals surface area contributed by atoms with Gasteiger partial charge in [-0.25, -0.2) is 0 Å². The van der Waals surface area contributed by atoms with E-state index in [9.17, 15) is 9.59 Å². The number of methoxy groups -OCH3 is 1. The molecule has 3 rings (SSSR count). The molecule has 0 bridgehead atoms. The number of carbonyl (C=O) groups is 2. The van der Waals surface area contributed by atoms with Crippen LogP contribution in [0.5, 0.6) is 5.75 Å². The normalized spacial score (nSPS) is 15.8. The molecule has 0 radical (unpaired) electrons. The van der Waals surface area contributed by atoms with Crippen molar-refractivity contribution in [1.29, 1.82) is 0 Å². The number of ether oxygens (including phenoxy) is 2. The highest BCUT2D eigenvalue weighted by molar-refractivity contribution is 9.10. The summed E-state index contributed by atoms with van der Waals surface area (Å²) in [6.45, 7) is 4.81. The molecule has 0 spiro atoms. The maximum absolute atomic E-state index is 13.2. The second-order valence-corrected chi connectivity index (χ2v) is 8.45. The van der Waals surface area contributed by atoms with Crippen LogP contribution in [0.3, 0.4) is 0 Å². The van der Waals surface area contributed by atoms with E-state index in [0.29, 0.717) is 37.2 Å². The fourth-order valence-corrected chi connectivity index (χ4v) is 4.19. The Morgan fingerprint density at radius 1 is 1.07 bits per heavy atom. The van der Waals surface area contributed by atoms with Crippen molar-refractivity contribution in [3.05, 3.63) is 64.1 Å². The molecule has 154 valence electrons. The second kappa shape index (κ2) is 8.99. The van der Waals surface area contributed by atoms with E-state index in [1.807, 2.05) is 56.3 Å². The van der Waals surface area contributed by atoms with E-state index in [1.54, 1.807) is 11.0 Å². The molecular formula is C23H26BrNO4. The highest BCUT2D eigenvalue weighted by Gasteiger charge is 2.45. The summed E-state index contributed by atoms with van der Waals surface area (Å²) in [4.78, 5) is 27.7. The molecule has 1 aliphatic rings.